The molecule has 142 valence electrons. The molecule has 1 atom stereocenters. The minimum atomic E-state index is -0.959. The smallest absolute Gasteiger partial charge is 0.328 e. The van der Waals surface area contributed by atoms with Crippen LogP contribution in [0.25, 0.3) is 0 Å². The second-order valence-corrected chi connectivity index (χ2v) is 5.77. The molecule has 27 heavy (non-hydrogen) atoms. The molecule has 0 aliphatic heterocycles. The maximum absolute atomic E-state index is 12.3. The summed E-state index contributed by atoms with van der Waals surface area (Å²) in [5.41, 5.74) is 1.09. The van der Waals surface area contributed by atoms with Gasteiger partial charge in [0.15, 0.2) is 5.75 Å². The van der Waals surface area contributed by atoms with Crippen molar-refractivity contribution in [3.63, 3.8) is 0 Å². The Labute approximate surface area is 156 Å². The van der Waals surface area contributed by atoms with Gasteiger partial charge >= 0.3 is 11.7 Å². The van der Waals surface area contributed by atoms with Crippen LogP contribution < -0.4 is 10.1 Å². The van der Waals surface area contributed by atoms with Gasteiger partial charge in [-0.05, 0) is 17.2 Å². The Morgan fingerprint density at radius 2 is 1.81 bits per heavy atom. The maximum Gasteiger partial charge on any atom is 0.328 e. The van der Waals surface area contributed by atoms with Crippen LogP contribution in [0, 0.1) is 10.1 Å². The van der Waals surface area contributed by atoms with Gasteiger partial charge in [0.05, 0.1) is 25.6 Å². The van der Waals surface area contributed by atoms with Gasteiger partial charge in [-0.2, -0.15) is 0 Å². The van der Waals surface area contributed by atoms with E-state index in [0.29, 0.717) is 5.56 Å². The summed E-state index contributed by atoms with van der Waals surface area (Å²) in [6.07, 6.45) is 0.162. The van der Waals surface area contributed by atoms with Gasteiger partial charge in [0.25, 0.3) is 0 Å². The maximum atomic E-state index is 12.3. The van der Waals surface area contributed by atoms with Crippen molar-refractivity contribution in [1.29, 1.82) is 0 Å². The van der Waals surface area contributed by atoms with Crippen LogP contribution in [0.2, 0.25) is 0 Å². The third kappa shape index (κ3) is 5.53. The van der Waals surface area contributed by atoms with Crippen LogP contribution in [0.4, 0.5) is 5.69 Å². The zero-order valence-corrected chi connectivity index (χ0v) is 15.0. The van der Waals surface area contributed by atoms with Crippen molar-refractivity contribution in [1.82, 2.24) is 5.32 Å². The third-order valence-electron chi connectivity index (χ3n) is 3.91. The number of carbonyl (C=O) groups excluding carboxylic acids is 2. The molecule has 0 spiro atoms. The summed E-state index contributed by atoms with van der Waals surface area (Å²) in [5.74, 6) is -0.860. The van der Waals surface area contributed by atoms with Crippen molar-refractivity contribution < 1.29 is 24.0 Å². The third-order valence-corrected chi connectivity index (χ3v) is 3.91. The number of methoxy groups -OCH3 is 2. The van der Waals surface area contributed by atoms with Gasteiger partial charge in [-0.1, -0.05) is 36.4 Å². The van der Waals surface area contributed by atoms with Crippen LogP contribution in [0.1, 0.15) is 11.1 Å². The van der Waals surface area contributed by atoms with Crippen molar-refractivity contribution in [3.05, 3.63) is 69.8 Å². The topological polar surface area (TPSA) is 108 Å². The van der Waals surface area contributed by atoms with Gasteiger partial charge < -0.3 is 14.8 Å². The van der Waals surface area contributed by atoms with Crippen molar-refractivity contribution >= 4 is 17.6 Å². The lowest BCUT2D eigenvalue weighted by Crippen LogP contribution is -2.43. The Kier molecular flexibility index (Phi) is 6.87. The average molecular weight is 372 g/mol. The van der Waals surface area contributed by atoms with Crippen molar-refractivity contribution in [2.24, 2.45) is 0 Å². The zero-order valence-electron chi connectivity index (χ0n) is 15.0. The lowest BCUT2D eigenvalue weighted by molar-refractivity contribution is -0.385. The molecule has 2 aromatic rings. The second kappa shape index (κ2) is 9.33. The number of hydrogen-bond acceptors (Lipinski definition) is 6. The van der Waals surface area contributed by atoms with E-state index in [1.807, 2.05) is 18.2 Å². The van der Waals surface area contributed by atoms with E-state index in [-0.39, 0.29) is 30.2 Å². The molecule has 0 saturated heterocycles. The highest BCUT2D eigenvalue weighted by Crippen LogP contribution is 2.28. The molecule has 2 aromatic carbocycles. The van der Waals surface area contributed by atoms with E-state index >= 15 is 0 Å². The number of carbonyl (C=O) groups is 2. The van der Waals surface area contributed by atoms with Gasteiger partial charge in [-0.15, -0.1) is 0 Å². The van der Waals surface area contributed by atoms with Gasteiger partial charge in [0, 0.05) is 12.5 Å². The molecule has 8 heteroatoms. The fourth-order valence-corrected chi connectivity index (χ4v) is 2.60. The fraction of sp³-hybridized carbons (Fsp3) is 0.263. The number of amides is 1. The molecular formula is C19H20N2O6. The first-order valence-electron chi connectivity index (χ1n) is 8.17. The number of rotatable bonds is 8. The lowest BCUT2D eigenvalue weighted by atomic mass is 10.0. The predicted molar refractivity (Wildman–Crippen MR) is 97.4 cm³/mol. The van der Waals surface area contributed by atoms with Crippen LogP contribution in [0.15, 0.2) is 48.5 Å². The fourth-order valence-electron chi connectivity index (χ4n) is 2.60. The Hall–Kier alpha value is -3.42. The number of nitro groups is 1. The number of nitrogens with zero attached hydrogens (tertiary/aromatic N) is 1. The lowest BCUT2D eigenvalue weighted by Gasteiger charge is -2.17. The highest BCUT2D eigenvalue weighted by Gasteiger charge is 2.24. The van der Waals surface area contributed by atoms with Crippen molar-refractivity contribution in [2.45, 2.75) is 18.9 Å². The molecule has 0 aliphatic rings. The molecule has 0 fully saturated rings. The molecule has 1 amide bonds. The minimum absolute atomic E-state index is 0.0536. The van der Waals surface area contributed by atoms with Crippen LogP contribution >= 0.6 is 0 Å². The molecule has 8 nitrogen and oxygen atoms in total. The summed E-state index contributed by atoms with van der Waals surface area (Å²) in [5, 5.41) is 13.8. The monoisotopic (exact) mass is 372 g/mol. The quantitative estimate of drug-likeness (QED) is 0.432. The highest BCUT2D eigenvalue weighted by atomic mass is 16.6. The SMILES string of the molecule is COC(=O)[C@@H](Cc1ccc(OC)c([N+](=O)[O-])c1)NC(=O)Cc1ccccc1. The highest BCUT2D eigenvalue weighted by molar-refractivity contribution is 5.85. The Balaban J connectivity index is 2.15. The Morgan fingerprint density at radius 3 is 2.41 bits per heavy atom. The summed E-state index contributed by atoms with van der Waals surface area (Å²) in [6, 6.07) is 12.5. The number of benzene rings is 2. The minimum Gasteiger partial charge on any atom is -0.490 e. The van der Waals surface area contributed by atoms with Gasteiger partial charge in [0.1, 0.15) is 6.04 Å². The molecule has 0 aromatic heterocycles. The van der Waals surface area contributed by atoms with E-state index < -0.39 is 16.9 Å². The van der Waals surface area contributed by atoms with Gasteiger partial charge in [-0.25, -0.2) is 4.79 Å². The number of esters is 1. The number of nitro benzene ring substituents is 1. The standard InChI is InChI=1S/C19H20N2O6/c1-26-17-9-8-14(11-16(17)21(24)25)10-15(19(23)27-2)20-18(22)12-13-6-4-3-5-7-13/h3-9,11,15H,10,12H2,1-2H3,(H,20,22)/t15-/m1/s1. The number of hydrogen-bond donors (Lipinski definition) is 1. The molecule has 0 bridgehead atoms. The number of nitrogens with one attached hydrogen (secondary N) is 1. The zero-order chi connectivity index (χ0) is 19.8. The molecule has 0 heterocycles. The van der Waals surface area contributed by atoms with E-state index in [1.54, 1.807) is 18.2 Å². The van der Waals surface area contributed by atoms with Crippen LogP contribution in [-0.2, 0) is 27.2 Å². The second-order valence-electron chi connectivity index (χ2n) is 5.77. The normalized spacial score (nSPS) is 11.3. The Bertz CT molecular complexity index is 822. The molecule has 2 rings (SSSR count). The van der Waals surface area contributed by atoms with Crippen molar-refractivity contribution in [3.8, 4) is 5.75 Å². The molecule has 0 saturated carbocycles. The molecular weight excluding hydrogens is 352 g/mol. The van der Waals surface area contributed by atoms with Crippen LogP contribution in [0.3, 0.4) is 0 Å². The molecule has 1 N–H and O–H groups in total. The predicted octanol–water partition coefficient (Wildman–Crippen LogP) is 2.05. The van der Waals surface area contributed by atoms with E-state index in [0.717, 1.165) is 5.56 Å². The van der Waals surface area contributed by atoms with E-state index in [4.69, 9.17) is 9.47 Å². The summed E-state index contributed by atoms with van der Waals surface area (Å²) in [7, 11) is 2.55. The van der Waals surface area contributed by atoms with E-state index in [1.165, 1.54) is 26.4 Å². The Morgan fingerprint density at radius 1 is 1.11 bits per heavy atom. The van der Waals surface area contributed by atoms with Crippen LogP contribution in [-0.4, -0.2) is 37.1 Å². The first-order valence-corrected chi connectivity index (χ1v) is 8.17. The van der Waals surface area contributed by atoms with E-state index in [9.17, 15) is 19.7 Å². The van der Waals surface area contributed by atoms with E-state index in [2.05, 4.69) is 5.32 Å². The summed E-state index contributed by atoms with van der Waals surface area (Å²) in [6.45, 7) is 0. The summed E-state index contributed by atoms with van der Waals surface area (Å²) >= 11 is 0. The first kappa shape index (κ1) is 19.9. The van der Waals surface area contributed by atoms with Gasteiger partial charge in [-0.3, -0.25) is 14.9 Å². The number of ether oxygens (including phenoxy) is 2. The summed E-state index contributed by atoms with van der Waals surface area (Å²) < 4.78 is 9.71. The van der Waals surface area contributed by atoms with Crippen molar-refractivity contribution in [2.75, 3.05) is 14.2 Å². The first-order chi connectivity index (χ1) is 12.9. The molecule has 0 aliphatic carbocycles. The largest absolute Gasteiger partial charge is 0.490 e. The molecule has 0 radical (unpaired) electrons. The average Bonchev–Trinajstić information content (AvgIpc) is 2.67. The molecule has 0 unspecified atom stereocenters. The van der Waals surface area contributed by atoms with Crippen LogP contribution in [0.5, 0.6) is 5.75 Å². The van der Waals surface area contributed by atoms with Gasteiger partial charge in [0.2, 0.25) is 5.91 Å². The summed E-state index contributed by atoms with van der Waals surface area (Å²) in [4.78, 5) is 34.9.